The van der Waals surface area contributed by atoms with E-state index in [9.17, 15) is 4.39 Å². The molecule has 0 aliphatic heterocycles. The van der Waals surface area contributed by atoms with Crippen LogP contribution in [0.4, 0.5) is 4.39 Å². The van der Waals surface area contributed by atoms with Crippen LogP contribution in [0.5, 0.6) is 0 Å². The number of fused-ring (bicyclic) bond motifs is 1. The predicted molar refractivity (Wildman–Crippen MR) is 60.6 cm³/mol. The Kier molecular flexibility index (Phi) is 2.79. The molecule has 1 nitrogen and oxygen atoms in total. The lowest BCUT2D eigenvalue weighted by Crippen LogP contribution is -2.23. The first-order chi connectivity index (χ1) is 7.15. The van der Waals surface area contributed by atoms with Gasteiger partial charge < -0.3 is 5.32 Å². The molecule has 1 N–H and O–H groups in total. The molecule has 2 rings (SSSR count). The maximum absolute atomic E-state index is 13.8. The fourth-order valence-corrected chi connectivity index (χ4v) is 2.68. The average Bonchev–Trinajstić information content (AvgIpc) is 2.25. The first kappa shape index (κ1) is 10.6. The number of hydrogen-bond donors (Lipinski definition) is 1. The molecule has 1 aromatic carbocycles. The van der Waals surface area contributed by atoms with Crippen LogP contribution in [0.15, 0.2) is 6.07 Å². The Morgan fingerprint density at radius 2 is 2.13 bits per heavy atom. The molecule has 1 aliphatic carbocycles. The third-order valence-electron chi connectivity index (χ3n) is 3.45. The second-order valence-corrected chi connectivity index (χ2v) is 4.44. The molecular weight excluding hydrogens is 189 g/mol. The highest BCUT2D eigenvalue weighted by molar-refractivity contribution is 5.43. The quantitative estimate of drug-likeness (QED) is 0.746. The van der Waals surface area contributed by atoms with Crippen LogP contribution in [-0.4, -0.2) is 7.05 Å². The summed E-state index contributed by atoms with van der Waals surface area (Å²) in [5.74, 6) is -0.0316. The van der Waals surface area contributed by atoms with Crippen molar-refractivity contribution in [2.45, 2.75) is 39.2 Å². The zero-order valence-electron chi connectivity index (χ0n) is 9.65. The van der Waals surface area contributed by atoms with E-state index < -0.39 is 0 Å². The maximum atomic E-state index is 13.8. The van der Waals surface area contributed by atoms with Gasteiger partial charge in [0.2, 0.25) is 0 Å². The van der Waals surface area contributed by atoms with Gasteiger partial charge in [0.25, 0.3) is 0 Å². The van der Waals surface area contributed by atoms with Crippen LogP contribution in [0.3, 0.4) is 0 Å². The fraction of sp³-hybridized carbons (Fsp3) is 0.538. The van der Waals surface area contributed by atoms with Crippen molar-refractivity contribution in [3.8, 4) is 0 Å². The van der Waals surface area contributed by atoms with Gasteiger partial charge in [-0.25, -0.2) is 4.39 Å². The Morgan fingerprint density at radius 1 is 1.40 bits per heavy atom. The first-order valence-corrected chi connectivity index (χ1v) is 5.61. The number of rotatable bonds is 1. The standard InChI is InChI=1S/C13H18FN/c1-8-7-10-5-4-6-11(15-3)12(10)9(2)13(8)14/h7,11,15H,4-6H2,1-3H3. The summed E-state index contributed by atoms with van der Waals surface area (Å²) in [5, 5.41) is 3.28. The van der Waals surface area contributed by atoms with Gasteiger partial charge >= 0.3 is 0 Å². The minimum absolute atomic E-state index is 0.0316. The molecule has 0 saturated carbocycles. The van der Waals surface area contributed by atoms with Gasteiger partial charge in [0, 0.05) is 6.04 Å². The maximum Gasteiger partial charge on any atom is 0.129 e. The number of halogens is 1. The Bertz CT molecular complexity index is 385. The normalized spacial score (nSPS) is 20.1. The molecule has 2 heteroatoms. The van der Waals surface area contributed by atoms with Gasteiger partial charge in [-0.15, -0.1) is 0 Å². The van der Waals surface area contributed by atoms with Crippen LogP contribution in [0.1, 0.15) is 41.1 Å². The molecule has 0 fully saturated rings. The molecular formula is C13H18FN. The number of nitrogens with one attached hydrogen (secondary N) is 1. The van der Waals surface area contributed by atoms with Crippen LogP contribution in [0.2, 0.25) is 0 Å². The van der Waals surface area contributed by atoms with Gasteiger partial charge in [-0.2, -0.15) is 0 Å². The van der Waals surface area contributed by atoms with Gasteiger partial charge in [0.1, 0.15) is 5.82 Å². The monoisotopic (exact) mass is 207 g/mol. The van der Waals surface area contributed by atoms with Crippen LogP contribution < -0.4 is 5.32 Å². The molecule has 1 aliphatic rings. The molecule has 15 heavy (non-hydrogen) atoms. The Labute approximate surface area is 90.7 Å². The van der Waals surface area contributed by atoms with Crippen molar-refractivity contribution < 1.29 is 4.39 Å². The van der Waals surface area contributed by atoms with Crippen molar-refractivity contribution in [2.75, 3.05) is 7.05 Å². The summed E-state index contributed by atoms with van der Waals surface area (Å²) in [7, 11) is 1.96. The highest BCUT2D eigenvalue weighted by atomic mass is 19.1. The van der Waals surface area contributed by atoms with E-state index in [1.807, 2.05) is 27.0 Å². The van der Waals surface area contributed by atoms with Crippen LogP contribution in [-0.2, 0) is 6.42 Å². The Balaban J connectivity index is 2.59. The molecule has 0 heterocycles. The lowest BCUT2D eigenvalue weighted by Gasteiger charge is -2.28. The van der Waals surface area contributed by atoms with Crippen LogP contribution in [0.25, 0.3) is 0 Å². The lowest BCUT2D eigenvalue weighted by atomic mass is 9.83. The van der Waals surface area contributed by atoms with Crippen LogP contribution >= 0.6 is 0 Å². The average molecular weight is 207 g/mol. The largest absolute Gasteiger partial charge is 0.313 e. The summed E-state index contributed by atoms with van der Waals surface area (Å²) in [5.41, 5.74) is 4.15. The summed E-state index contributed by atoms with van der Waals surface area (Å²) in [4.78, 5) is 0. The molecule has 1 aromatic rings. The third-order valence-corrected chi connectivity index (χ3v) is 3.45. The molecule has 0 bridgehead atoms. The molecule has 0 spiro atoms. The van der Waals surface area contributed by atoms with Crippen molar-refractivity contribution in [2.24, 2.45) is 0 Å². The van der Waals surface area contributed by atoms with Crippen molar-refractivity contribution in [3.05, 3.63) is 34.1 Å². The van der Waals surface area contributed by atoms with E-state index in [0.29, 0.717) is 6.04 Å². The topological polar surface area (TPSA) is 12.0 Å². The Morgan fingerprint density at radius 3 is 2.80 bits per heavy atom. The van der Waals surface area contributed by atoms with E-state index >= 15 is 0 Å². The third kappa shape index (κ3) is 1.67. The van der Waals surface area contributed by atoms with Gasteiger partial charge in [-0.05, 0) is 62.4 Å². The summed E-state index contributed by atoms with van der Waals surface area (Å²) < 4.78 is 13.8. The summed E-state index contributed by atoms with van der Waals surface area (Å²) in [6, 6.07) is 2.35. The highest BCUT2D eigenvalue weighted by Gasteiger charge is 2.23. The van der Waals surface area contributed by atoms with Crippen molar-refractivity contribution in [1.29, 1.82) is 0 Å². The predicted octanol–water partition coefficient (Wildman–Crippen LogP) is 3.04. The SMILES string of the molecule is CNC1CCCc2cc(C)c(F)c(C)c21. The van der Waals surface area contributed by atoms with E-state index in [1.54, 1.807) is 0 Å². The van der Waals surface area contributed by atoms with E-state index in [1.165, 1.54) is 17.5 Å². The zero-order valence-corrected chi connectivity index (χ0v) is 9.65. The van der Waals surface area contributed by atoms with Crippen molar-refractivity contribution >= 4 is 0 Å². The molecule has 1 unspecified atom stereocenters. The highest BCUT2D eigenvalue weighted by Crippen LogP contribution is 2.34. The van der Waals surface area contributed by atoms with E-state index in [4.69, 9.17) is 0 Å². The van der Waals surface area contributed by atoms with Gasteiger partial charge in [-0.1, -0.05) is 6.07 Å². The van der Waals surface area contributed by atoms with Crippen molar-refractivity contribution in [3.63, 3.8) is 0 Å². The minimum Gasteiger partial charge on any atom is -0.313 e. The van der Waals surface area contributed by atoms with Gasteiger partial charge in [-0.3, -0.25) is 0 Å². The second-order valence-electron chi connectivity index (χ2n) is 4.44. The van der Waals surface area contributed by atoms with Gasteiger partial charge in [0.15, 0.2) is 0 Å². The molecule has 0 saturated heterocycles. The van der Waals surface area contributed by atoms with Gasteiger partial charge in [0.05, 0.1) is 0 Å². The zero-order chi connectivity index (χ0) is 11.0. The lowest BCUT2D eigenvalue weighted by molar-refractivity contribution is 0.486. The molecule has 1 atom stereocenters. The molecule has 0 radical (unpaired) electrons. The summed E-state index contributed by atoms with van der Waals surface area (Å²) in [6.45, 7) is 3.75. The second kappa shape index (κ2) is 3.93. The van der Waals surface area contributed by atoms with E-state index in [0.717, 1.165) is 24.0 Å². The van der Waals surface area contributed by atoms with Crippen LogP contribution in [0, 0.1) is 19.7 Å². The summed E-state index contributed by atoms with van der Waals surface area (Å²) in [6.07, 6.45) is 3.41. The number of aryl methyl sites for hydroxylation is 2. The first-order valence-electron chi connectivity index (χ1n) is 5.61. The van der Waals surface area contributed by atoms with E-state index in [-0.39, 0.29) is 5.82 Å². The molecule has 0 aromatic heterocycles. The molecule has 0 amide bonds. The minimum atomic E-state index is -0.0316. The summed E-state index contributed by atoms with van der Waals surface area (Å²) >= 11 is 0. The fourth-order valence-electron chi connectivity index (χ4n) is 2.68. The van der Waals surface area contributed by atoms with Crippen molar-refractivity contribution in [1.82, 2.24) is 5.32 Å². The Hall–Kier alpha value is -0.890. The smallest absolute Gasteiger partial charge is 0.129 e. The molecule has 82 valence electrons. The number of benzene rings is 1. The number of hydrogen-bond acceptors (Lipinski definition) is 1. The van der Waals surface area contributed by atoms with E-state index in [2.05, 4.69) is 5.32 Å².